The second kappa shape index (κ2) is 7.42. The van der Waals surface area contributed by atoms with Crippen LogP contribution in [0.5, 0.6) is 0 Å². The van der Waals surface area contributed by atoms with Gasteiger partial charge in [-0.2, -0.15) is 0 Å². The predicted octanol–water partition coefficient (Wildman–Crippen LogP) is 2.52. The molecule has 29 heavy (non-hydrogen) atoms. The molecule has 3 heterocycles. The smallest absolute Gasteiger partial charge is 0.192 e. The molecule has 0 amide bonds. The van der Waals surface area contributed by atoms with E-state index in [4.69, 9.17) is 19.6 Å². The first-order valence-corrected chi connectivity index (χ1v) is 12.7. The Hall–Kier alpha value is -1.88. The molecule has 160 valence electrons. The number of nitrogen functional groups attached to an aromatic ring is 1. The molecule has 1 saturated heterocycles. The number of imidazole rings is 1. The minimum Gasteiger partial charge on any atom is -0.409 e. The van der Waals surface area contributed by atoms with Gasteiger partial charge < -0.3 is 24.2 Å². The predicted molar refractivity (Wildman–Crippen MR) is 112 cm³/mol. The number of nitrogens with zero attached hydrogens (tertiary/aromatic N) is 4. The van der Waals surface area contributed by atoms with E-state index in [-0.39, 0.29) is 17.4 Å². The number of Topliss-reactive ketones (excluding diaryl/α,β-unsaturated/α-hetero) is 1. The van der Waals surface area contributed by atoms with E-state index in [0.717, 1.165) is 0 Å². The van der Waals surface area contributed by atoms with Gasteiger partial charge in [0.15, 0.2) is 31.4 Å². The van der Waals surface area contributed by atoms with Crippen molar-refractivity contribution in [3.63, 3.8) is 0 Å². The summed E-state index contributed by atoms with van der Waals surface area (Å²) >= 11 is 0. The largest absolute Gasteiger partial charge is 0.409 e. The van der Waals surface area contributed by atoms with E-state index in [1.165, 1.54) is 6.33 Å². The molecule has 9 nitrogen and oxygen atoms in total. The van der Waals surface area contributed by atoms with E-state index < -0.39 is 26.3 Å². The normalized spacial score (nSPS) is 22.3. The summed E-state index contributed by atoms with van der Waals surface area (Å²) in [6.45, 7) is 14.6. The molecular weight excluding hydrogens is 390 g/mol. The summed E-state index contributed by atoms with van der Waals surface area (Å²) in [6, 6.07) is 0. The molecule has 2 aromatic rings. The Balaban J connectivity index is 1.76. The highest BCUT2D eigenvalue weighted by molar-refractivity contribution is 6.74. The number of hydrogen-bond donors (Lipinski definition) is 1. The molecule has 2 N–H and O–H groups in total. The number of rotatable bonds is 6. The van der Waals surface area contributed by atoms with E-state index in [2.05, 4.69) is 48.8 Å². The Labute approximate surface area is 172 Å². The van der Waals surface area contributed by atoms with Gasteiger partial charge in [-0.3, -0.25) is 4.79 Å². The lowest BCUT2D eigenvalue weighted by Crippen LogP contribution is -2.45. The van der Waals surface area contributed by atoms with Crippen molar-refractivity contribution in [3.8, 4) is 0 Å². The number of carbonyl (C=O) groups is 1. The monoisotopic (exact) mass is 421 g/mol. The third-order valence-corrected chi connectivity index (χ3v) is 10.2. The summed E-state index contributed by atoms with van der Waals surface area (Å²) in [4.78, 5) is 25.5. The molecule has 0 radical (unpaired) electrons. The molecular formula is C19H31N5O4Si. The van der Waals surface area contributed by atoms with Crippen LogP contribution in [0.15, 0.2) is 12.7 Å². The number of ketones is 1. The zero-order valence-electron chi connectivity index (χ0n) is 18.2. The molecule has 1 fully saturated rings. The van der Waals surface area contributed by atoms with Crippen molar-refractivity contribution < 1.29 is 18.7 Å². The fourth-order valence-corrected chi connectivity index (χ4v) is 3.95. The fourth-order valence-electron chi connectivity index (χ4n) is 3.02. The number of ether oxygens (including phenoxy) is 2. The number of carbonyl (C=O) groups excluding carboxylic acids is 1. The third kappa shape index (κ3) is 4.50. The van der Waals surface area contributed by atoms with E-state index in [0.29, 0.717) is 23.5 Å². The average Bonchev–Trinajstić information content (AvgIpc) is 3.13. The molecule has 0 bridgehead atoms. The number of anilines is 1. The number of aromatic nitrogens is 4. The summed E-state index contributed by atoms with van der Waals surface area (Å²) in [5.41, 5.74) is 6.98. The van der Waals surface area contributed by atoms with Gasteiger partial charge in [-0.25, -0.2) is 15.0 Å². The highest BCUT2D eigenvalue weighted by Crippen LogP contribution is 2.37. The standard InChI is InChI=1S/C19H31N5O4Si/c1-18(2,3)29(6,7)26-9-12(25)15-13(27-19(4,5)28-15)8-24-11-23-14-16(20)21-10-22-17(14)24/h10-11,13,15H,8-9H2,1-7H3,(H2,20,21,22)/t13-,15+/m0/s1. The van der Waals surface area contributed by atoms with Gasteiger partial charge in [-0.15, -0.1) is 0 Å². The van der Waals surface area contributed by atoms with Crippen molar-refractivity contribution in [1.29, 1.82) is 0 Å². The van der Waals surface area contributed by atoms with Gasteiger partial charge in [-0.05, 0) is 32.0 Å². The SMILES string of the molecule is CC1(C)O[C@@H](Cn2cnc3c(N)ncnc32)[C@@H](C(=O)CO[Si](C)(C)C(C)(C)C)O1. The van der Waals surface area contributed by atoms with Gasteiger partial charge in [-0.1, -0.05) is 20.8 Å². The van der Waals surface area contributed by atoms with Crippen LogP contribution in [0.2, 0.25) is 18.1 Å². The van der Waals surface area contributed by atoms with E-state index in [9.17, 15) is 4.79 Å². The minimum absolute atomic E-state index is 0.0108. The first kappa shape index (κ1) is 21.8. The molecule has 0 aromatic carbocycles. The second-order valence-corrected chi connectivity index (χ2v) is 14.2. The first-order valence-electron chi connectivity index (χ1n) is 9.74. The molecule has 0 aliphatic carbocycles. The molecule has 0 spiro atoms. The molecule has 1 aliphatic heterocycles. The van der Waals surface area contributed by atoms with Gasteiger partial charge in [0.2, 0.25) is 0 Å². The third-order valence-electron chi connectivity index (χ3n) is 5.69. The summed E-state index contributed by atoms with van der Waals surface area (Å²) in [5, 5.41) is 0.0222. The van der Waals surface area contributed by atoms with Gasteiger partial charge in [0.25, 0.3) is 0 Å². The van der Waals surface area contributed by atoms with E-state index in [1.807, 2.05) is 0 Å². The fraction of sp³-hybridized carbons (Fsp3) is 0.684. The zero-order chi connectivity index (χ0) is 21.6. The van der Waals surface area contributed by atoms with E-state index in [1.54, 1.807) is 24.7 Å². The summed E-state index contributed by atoms with van der Waals surface area (Å²) in [7, 11) is -2.05. The van der Waals surface area contributed by atoms with Crippen LogP contribution < -0.4 is 5.73 Å². The topological polar surface area (TPSA) is 114 Å². The molecule has 2 atom stereocenters. The van der Waals surface area contributed by atoms with Crippen LogP contribution in [0, 0.1) is 0 Å². The van der Waals surface area contributed by atoms with Crippen molar-refractivity contribution in [1.82, 2.24) is 19.5 Å². The number of nitrogens with two attached hydrogens (primary N) is 1. The lowest BCUT2D eigenvalue weighted by atomic mass is 10.1. The molecule has 1 aliphatic rings. The zero-order valence-corrected chi connectivity index (χ0v) is 19.2. The van der Waals surface area contributed by atoms with Crippen molar-refractivity contribution in [3.05, 3.63) is 12.7 Å². The Kier molecular flexibility index (Phi) is 5.58. The maximum Gasteiger partial charge on any atom is 0.192 e. The lowest BCUT2D eigenvalue weighted by Gasteiger charge is -2.36. The summed E-state index contributed by atoms with van der Waals surface area (Å²) in [6.07, 6.45) is 1.79. The van der Waals surface area contributed by atoms with Crippen LogP contribution in [0.4, 0.5) is 5.82 Å². The van der Waals surface area contributed by atoms with Crippen LogP contribution in [0.3, 0.4) is 0 Å². The number of hydrogen-bond acceptors (Lipinski definition) is 8. The molecule has 0 saturated carbocycles. The second-order valence-electron chi connectivity index (χ2n) is 9.44. The quantitative estimate of drug-likeness (QED) is 0.708. The molecule has 2 aromatic heterocycles. The molecule has 0 unspecified atom stereocenters. The average molecular weight is 422 g/mol. The van der Waals surface area contributed by atoms with Crippen LogP contribution >= 0.6 is 0 Å². The van der Waals surface area contributed by atoms with Crippen molar-refractivity contribution in [2.75, 3.05) is 12.3 Å². The Morgan fingerprint density at radius 1 is 1.28 bits per heavy atom. The Morgan fingerprint density at radius 2 is 1.97 bits per heavy atom. The summed E-state index contributed by atoms with van der Waals surface area (Å²) < 4.78 is 19.9. The maximum atomic E-state index is 13.0. The van der Waals surface area contributed by atoms with E-state index >= 15 is 0 Å². The van der Waals surface area contributed by atoms with Gasteiger partial charge in [0.1, 0.15) is 24.1 Å². The van der Waals surface area contributed by atoms with Crippen molar-refractivity contribution >= 4 is 31.1 Å². The highest BCUT2D eigenvalue weighted by Gasteiger charge is 2.46. The lowest BCUT2D eigenvalue weighted by molar-refractivity contribution is -0.156. The van der Waals surface area contributed by atoms with Gasteiger partial charge in [0.05, 0.1) is 19.5 Å². The summed E-state index contributed by atoms with van der Waals surface area (Å²) in [5.74, 6) is -0.677. The van der Waals surface area contributed by atoms with Crippen LogP contribution in [0.1, 0.15) is 34.6 Å². The molecule has 10 heteroatoms. The maximum absolute atomic E-state index is 13.0. The highest BCUT2D eigenvalue weighted by atomic mass is 28.4. The van der Waals surface area contributed by atoms with Crippen molar-refractivity contribution in [2.24, 2.45) is 0 Å². The Bertz CT molecular complexity index is 906. The van der Waals surface area contributed by atoms with Crippen LogP contribution in [-0.2, 0) is 25.2 Å². The van der Waals surface area contributed by atoms with Gasteiger partial charge in [0, 0.05) is 0 Å². The van der Waals surface area contributed by atoms with Crippen LogP contribution in [0.25, 0.3) is 11.2 Å². The number of fused-ring (bicyclic) bond motifs is 1. The van der Waals surface area contributed by atoms with Crippen molar-refractivity contribution in [2.45, 2.75) is 77.3 Å². The van der Waals surface area contributed by atoms with Gasteiger partial charge >= 0.3 is 0 Å². The Morgan fingerprint density at radius 3 is 2.62 bits per heavy atom. The minimum atomic E-state index is -2.05. The molecule has 3 rings (SSSR count). The van der Waals surface area contributed by atoms with Crippen LogP contribution in [-0.4, -0.2) is 58.2 Å². The first-order chi connectivity index (χ1) is 13.3.